The second kappa shape index (κ2) is 8.76. The second-order valence-corrected chi connectivity index (χ2v) is 7.94. The number of fused-ring (bicyclic) bond motifs is 1. The Bertz CT molecular complexity index is 1320. The number of aryl methyl sites for hydroxylation is 1. The summed E-state index contributed by atoms with van der Waals surface area (Å²) < 4.78 is 5.54. The van der Waals surface area contributed by atoms with E-state index in [-0.39, 0.29) is 0 Å². The first-order chi connectivity index (χ1) is 16.1. The van der Waals surface area contributed by atoms with E-state index in [2.05, 4.69) is 40.3 Å². The van der Waals surface area contributed by atoms with Gasteiger partial charge in [-0.25, -0.2) is 0 Å². The summed E-state index contributed by atoms with van der Waals surface area (Å²) in [6.07, 6.45) is 0. The molecule has 0 aliphatic carbocycles. The molecule has 2 N–H and O–H groups in total. The fraction of sp³-hybridized carbons (Fsp3) is 0.250. The van der Waals surface area contributed by atoms with Crippen molar-refractivity contribution in [2.24, 2.45) is 0 Å². The molecule has 0 spiro atoms. The maximum absolute atomic E-state index is 9.08. The first kappa shape index (κ1) is 20.7. The number of aromatic nitrogens is 4. The molecule has 166 valence electrons. The van der Waals surface area contributed by atoms with Crippen molar-refractivity contribution in [3.8, 4) is 6.07 Å². The van der Waals surface area contributed by atoms with Crippen LogP contribution in [0.3, 0.4) is 0 Å². The topological polar surface area (TPSA) is 106 Å². The van der Waals surface area contributed by atoms with E-state index in [9.17, 15) is 0 Å². The fourth-order valence-corrected chi connectivity index (χ4v) is 3.82. The molecule has 2 aromatic carbocycles. The van der Waals surface area contributed by atoms with Crippen molar-refractivity contribution in [3.63, 3.8) is 0 Å². The Kier molecular flexibility index (Phi) is 5.50. The lowest BCUT2D eigenvalue weighted by atomic mass is 10.2. The van der Waals surface area contributed by atoms with Crippen molar-refractivity contribution in [2.75, 3.05) is 48.5 Å². The molecule has 9 nitrogen and oxygen atoms in total. The van der Waals surface area contributed by atoms with Crippen molar-refractivity contribution in [1.82, 2.24) is 19.9 Å². The van der Waals surface area contributed by atoms with Crippen LogP contribution in [0.4, 0.5) is 29.1 Å². The fourth-order valence-electron chi connectivity index (χ4n) is 3.82. The number of hydrogen-bond acceptors (Lipinski definition) is 8. The van der Waals surface area contributed by atoms with Crippen molar-refractivity contribution >= 4 is 40.3 Å². The Morgan fingerprint density at radius 2 is 1.88 bits per heavy atom. The van der Waals surface area contributed by atoms with E-state index < -0.39 is 0 Å². The standard InChI is InChI=1S/C24H24N8O/c1-16-4-3-5-18(14-16)26-23-27-20-21(28-23)29-24(30-22(20)32-10-12-33-13-11-32)31(2)19-8-6-17(15-25)7-9-19/h3-9,14H,10-13H2,1-2H3,(H2,26,27,28,29,30). The summed E-state index contributed by atoms with van der Waals surface area (Å²) in [6, 6.07) is 17.6. The van der Waals surface area contributed by atoms with Gasteiger partial charge < -0.3 is 24.8 Å². The number of nitriles is 1. The lowest BCUT2D eigenvalue weighted by Gasteiger charge is -2.28. The van der Waals surface area contributed by atoms with Gasteiger partial charge >= 0.3 is 0 Å². The highest BCUT2D eigenvalue weighted by Gasteiger charge is 2.22. The summed E-state index contributed by atoms with van der Waals surface area (Å²) >= 11 is 0. The van der Waals surface area contributed by atoms with Gasteiger partial charge in [0.05, 0.1) is 24.8 Å². The van der Waals surface area contributed by atoms with E-state index in [1.165, 1.54) is 0 Å². The molecule has 1 aliphatic rings. The lowest BCUT2D eigenvalue weighted by Crippen LogP contribution is -2.37. The molecular weight excluding hydrogens is 416 g/mol. The maximum atomic E-state index is 9.08. The van der Waals surface area contributed by atoms with Crippen LogP contribution in [-0.4, -0.2) is 53.3 Å². The number of imidazole rings is 1. The molecule has 1 saturated heterocycles. The predicted molar refractivity (Wildman–Crippen MR) is 128 cm³/mol. The number of H-pyrrole nitrogens is 1. The molecule has 3 heterocycles. The minimum absolute atomic E-state index is 0.530. The van der Waals surface area contributed by atoms with Gasteiger partial charge in [-0.15, -0.1) is 0 Å². The summed E-state index contributed by atoms with van der Waals surface area (Å²) in [6.45, 7) is 4.83. The third-order valence-corrected chi connectivity index (χ3v) is 5.60. The summed E-state index contributed by atoms with van der Waals surface area (Å²) in [7, 11) is 1.91. The van der Waals surface area contributed by atoms with Crippen molar-refractivity contribution < 1.29 is 4.74 Å². The maximum Gasteiger partial charge on any atom is 0.233 e. The largest absolute Gasteiger partial charge is 0.378 e. The van der Waals surface area contributed by atoms with E-state index in [1.54, 1.807) is 12.1 Å². The smallest absolute Gasteiger partial charge is 0.233 e. The van der Waals surface area contributed by atoms with Gasteiger partial charge in [-0.2, -0.15) is 20.2 Å². The van der Waals surface area contributed by atoms with E-state index in [1.807, 2.05) is 36.2 Å². The third-order valence-electron chi connectivity index (χ3n) is 5.60. The van der Waals surface area contributed by atoms with Crippen LogP contribution >= 0.6 is 0 Å². The Labute approximate surface area is 191 Å². The van der Waals surface area contributed by atoms with Crippen molar-refractivity contribution in [3.05, 3.63) is 59.7 Å². The van der Waals surface area contributed by atoms with Crippen LogP contribution in [0.5, 0.6) is 0 Å². The molecule has 9 heteroatoms. The van der Waals surface area contributed by atoms with Crippen LogP contribution in [0.15, 0.2) is 48.5 Å². The SMILES string of the molecule is Cc1cccc(Nc2nc3nc(N(C)c4ccc(C#N)cc4)nc(N4CCOCC4)c3[nH]2)c1. The van der Waals surface area contributed by atoms with Crippen LogP contribution in [0.2, 0.25) is 0 Å². The van der Waals surface area contributed by atoms with Gasteiger partial charge in [-0.3, -0.25) is 0 Å². The lowest BCUT2D eigenvalue weighted by molar-refractivity contribution is 0.122. The van der Waals surface area contributed by atoms with Gasteiger partial charge in [0.1, 0.15) is 5.52 Å². The van der Waals surface area contributed by atoms with E-state index in [4.69, 9.17) is 25.0 Å². The van der Waals surface area contributed by atoms with Crippen LogP contribution in [0.1, 0.15) is 11.1 Å². The molecule has 0 amide bonds. The Morgan fingerprint density at radius 3 is 2.61 bits per heavy atom. The number of benzene rings is 2. The Hall–Kier alpha value is -4.16. The molecule has 1 fully saturated rings. The average Bonchev–Trinajstić information content (AvgIpc) is 3.26. The molecule has 0 bridgehead atoms. The number of rotatable bonds is 5. The van der Waals surface area contributed by atoms with Crippen LogP contribution in [-0.2, 0) is 4.74 Å². The summed E-state index contributed by atoms with van der Waals surface area (Å²) in [4.78, 5) is 21.8. The quantitative estimate of drug-likeness (QED) is 0.482. The highest BCUT2D eigenvalue weighted by molar-refractivity contribution is 5.87. The average molecular weight is 441 g/mol. The zero-order valence-electron chi connectivity index (χ0n) is 18.5. The van der Waals surface area contributed by atoms with E-state index >= 15 is 0 Å². The van der Waals surface area contributed by atoms with Crippen LogP contribution in [0, 0.1) is 18.3 Å². The van der Waals surface area contributed by atoms with Gasteiger partial charge in [0.15, 0.2) is 11.5 Å². The minimum Gasteiger partial charge on any atom is -0.378 e. The van der Waals surface area contributed by atoms with Gasteiger partial charge in [-0.1, -0.05) is 12.1 Å². The number of anilines is 5. The zero-order valence-corrected chi connectivity index (χ0v) is 18.5. The number of hydrogen-bond donors (Lipinski definition) is 2. The van der Waals surface area contributed by atoms with Crippen molar-refractivity contribution in [2.45, 2.75) is 6.92 Å². The number of aromatic amines is 1. The van der Waals surface area contributed by atoms with Crippen molar-refractivity contribution in [1.29, 1.82) is 5.26 Å². The highest BCUT2D eigenvalue weighted by Crippen LogP contribution is 2.30. The normalized spacial score (nSPS) is 13.7. The zero-order chi connectivity index (χ0) is 22.8. The third kappa shape index (κ3) is 4.29. The summed E-state index contributed by atoms with van der Waals surface area (Å²) in [5, 5.41) is 12.4. The molecule has 0 saturated carbocycles. The monoisotopic (exact) mass is 440 g/mol. The molecule has 5 rings (SSSR count). The molecule has 33 heavy (non-hydrogen) atoms. The van der Waals surface area contributed by atoms with E-state index in [0.29, 0.717) is 36.3 Å². The number of ether oxygens (including phenoxy) is 1. The first-order valence-electron chi connectivity index (χ1n) is 10.8. The Balaban J connectivity index is 1.55. The van der Waals surface area contributed by atoms with Crippen LogP contribution < -0.4 is 15.1 Å². The second-order valence-electron chi connectivity index (χ2n) is 7.94. The van der Waals surface area contributed by atoms with Gasteiger partial charge in [-0.05, 0) is 48.9 Å². The van der Waals surface area contributed by atoms with Gasteiger partial charge in [0.25, 0.3) is 0 Å². The molecular formula is C24H24N8O. The van der Waals surface area contributed by atoms with Crippen LogP contribution in [0.25, 0.3) is 11.2 Å². The molecule has 0 atom stereocenters. The van der Waals surface area contributed by atoms with Gasteiger partial charge in [0.2, 0.25) is 11.9 Å². The van der Waals surface area contributed by atoms with Gasteiger partial charge in [0, 0.05) is 31.5 Å². The van der Waals surface area contributed by atoms with E-state index in [0.717, 1.165) is 41.4 Å². The Morgan fingerprint density at radius 1 is 1.09 bits per heavy atom. The number of morpholine rings is 1. The molecule has 0 radical (unpaired) electrons. The minimum atomic E-state index is 0.530. The highest BCUT2D eigenvalue weighted by atomic mass is 16.5. The number of nitrogens with zero attached hydrogens (tertiary/aromatic N) is 6. The first-order valence-corrected chi connectivity index (χ1v) is 10.8. The molecule has 2 aromatic heterocycles. The molecule has 4 aromatic rings. The molecule has 1 aliphatic heterocycles. The number of nitrogens with one attached hydrogen (secondary N) is 2. The molecule has 0 unspecified atom stereocenters. The summed E-state index contributed by atoms with van der Waals surface area (Å²) in [5.41, 5.74) is 4.97. The summed E-state index contributed by atoms with van der Waals surface area (Å²) in [5.74, 6) is 1.93. The predicted octanol–water partition coefficient (Wildman–Crippen LogP) is 3.88.